The van der Waals surface area contributed by atoms with E-state index in [0.717, 1.165) is 43.8 Å². The molecule has 3 atom stereocenters. The van der Waals surface area contributed by atoms with Gasteiger partial charge in [0.25, 0.3) is 0 Å². The van der Waals surface area contributed by atoms with Crippen LogP contribution in [0.3, 0.4) is 0 Å². The zero-order valence-corrected chi connectivity index (χ0v) is 18.2. The van der Waals surface area contributed by atoms with Gasteiger partial charge in [0, 0.05) is 37.6 Å². The average molecular weight is 461 g/mol. The Kier molecular flexibility index (Phi) is 5.90. The Balaban J connectivity index is 1.14. The molecule has 0 radical (unpaired) electrons. The summed E-state index contributed by atoms with van der Waals surface area (Å²) in [5.74, 6) is -0.0813. The minimum Gasteiger partial charge on any atom is -0.374 e. The first-order valence-electron chi connectivity index (χ1n) is 11.4. The predicted molar refractivity (Wildman–Crippen MR) is 118 cm³/mol. The summed E-state index contributed by atoms with van der Waals surface area (Å²) in [5, 5.41) is 3.02. The number of benzene rings is 1. The molecule has 1 N–H and O–H groups in total. The number of halogens is 3. The molecule has 0 spiro atoms. The third-order valence-electron chi connectivity index (χ3n) is 6.79. The Morgan fingerprint density at radius 3 is 2.58 bits per heavy atom. The van der Waals surface area contributed by atoms with E-state index in [2.05, 4.69) is 27.3 Å². The number of amides is 1. The van der Waals surface area contributed by atoms with E-state index in [4.69, 9.17) is 4.74 Å². The number of morpholine rings is 1. The molecule has 4 aliphatic heterocycles. The quantitative estimate of drug-likeness (QED) is 0.741. The number of pyridine rings is 1. The second-order valence-electron chi connectivity index (χ2n) is 9.11. The van der Waals surface area contributed by atoms with Gasteiger partial charge in [-0.25, -0.2) is 0 Å². The highest BCUT2D eigenvalue weighted by Crippen LogP contribution is 2.32. The normalized spacial score (nSPS) is 24.9. The molecular weight excluding hydrogens is 433 g/mol. The topological polar surface area (TPSA) is 57.7 Å². The minimum absolute atomic E-state index is 0.0813. The molecule has 1 aromatic heterocycles. The van der Waals surface area contributed by atoms with Crippen LogP contribution in [0.2, 0.25) is 0 Å². The summed E-state index contributed by atoms with van der Waals surface area (Å²) in [7, 11) is 0. The summed E-state index contributed by atoms with van der Waals surface area (Å²) in [6.07, 6.45) is 1.39. The second-order valence-corrected chi connectivity index (χ2v) is 9.11. The number of nitrogens with one attached hydrogen (secondary N) is 1. The first kappa shape index (κ1) is 22.0. The maximum absolute atomic E-state index is 13.0. The SMILES string of the molecule is O=C(Cc1ccc(N2C[C@@H]3CC[C@H]2CO3)cc1)NC1CCN(c2cncc(C(F)(F)F)c2)C1. The van der Waals surface area contributed by atoms with Crippen LogP contribution < -0.4 is 15.1 Å². The molecule has 9 heteroatoms. The van der Waals surface area contributed by atoms with Crippen LogP contribution in [0.1, 0.15) is 30.4 Å². The maximum Gasteiger partial charge on any atom is 0.417 e. The molecule has 1 amide bonds. The molecule has 1 aromatic carbocycles. The monoisotopic (exact) mass is 460 g/mol. The number of hydrogen-bond donors (Lipinski definition) is 1. The maximum atomic E-state index is 13.0. The Labute approximate surface area is 190 Å². The van der Waals surface area contributed by atoms with Crippen molar-refractivity contribution in [3.63, 3.8) is 0 Å². The number of nitrogens with zero attached hydrogens (tertiary/aromatic N) is 3. The van der Waals surface area contributed by atoms with Crippen LogP contribution in [0.5, 0.6) is 0 Å². The van der Waals surface area contributed by atoms with Gasteiger partial charge in [0.1, 0.15) is 0 Å². The van der Waals surface area contributed by atoms with Crippen LogP contribution in [0.25, 0.3) is 0 Å². The van der Waals surface area contributed by atoms with Gasteiger partial charge in [-0.15, -0.1) is 0 Å². The van der Waals surface area contributed by atoms with Gasteiger partial charge in [0.05, 0.1) is 42.6 Å². The molecule has 1 unspecified atom stereocenters. The summed E-state index contributed by atoms with van der Waals surface area (Å²) in [4.78, 5) is 20.5. The van der Waals surface area contributed by atoms with Crippen LogP contribution in [-0.2, 0) is 22.1 Å². The zero-order valence-electron chi connectivity index (χ0n) is 18.2. The average Bonchev–Trinajstić information content (AvgIpc) is 3.28. The number of fused-ring (bicyclic) bond motifs is 3. The molecule has 6 nitrogen and oxygen atoms in total. The van der Waals surface area contributed by atoms with E-state index in [1.54, 1.807) is 0 Å². The molecule has 4 aliphatic rings. The van der Waals surface area contributed by atoms with E-state index < -0.39 is 11.7 Å². The van der Waals surface area contributed by atoms with Gasteiger partial charge in [-0.3, -0.25) is 9.78 Å². The van der Waals surface area contributed by atoms with Crippen molar-refractivity contribution in [3.8, 4) is 0 Å². The fourth-order valence-corrected chi connectivity index (χ4v) is 5.00. The van der Waals surface area contributed by atoms with Crippen molar-refractivity contribution in [2.24, 2.45) is 0 Å². The molecule has 6 rings (SSSR count). The van der Waals surface area contributed by atoms with Crippen LogP contribution >= 0.6 is 0 Å². The van der Waals surface area contributed by atoms with Gasteiger partial charge < -0.3 is 19.9 Å². The Bertz CT molecular complexity index is 990. The summed E-state index contributed by atoms with van der Waals surface area (Å²) in [6, 6.07) is 9.57. The molecule has 4 saturated heterocycles. The molecule has 2 bridgehead atoms. The second kappa shape index (κ2) is 8.85. The Morgan fingerprint density at radius 1 is 1.09 bits per heavy atom. The van der Waals surface area contributed by atoms with E-state index in [1.807, 2.05) is 17.0 Å². The highest BCUT2D eigenvalue weighted by Gasteiger charge is 2.35. The Morgan fingerprint density at radius 2 is 1.91 bits per heavy atom. The van der Waals surface area contributed by atoms with Crippen molar-refractivity contribution in [3.05, 3.63) is 53.9 Å². The van der Waals surface area contributed by atoms with Crippen molar-refractivity contribution in [2.75, 3.05) is 36.0 Å². The van der Waals surface area contributed by atoms with Crippen molar-refractivity contribution in [1.29, 1.82) is 0 Å². The van der Waals surface area contributed by atoms with Gasteiger partial charge in [-0.2, -0.15) is 13.2 Å². The zero-order chi connectivity index (χ0) is 23.0. The van der Waals surface area contributed by atoms with Gasteiger partial charge in [0.15, 0.2) is 0 Å². The van der Waals surface area contributed by atoms with Crippen LogP contribution in [0, 0.1) is 0 Å². The molecular formula is C24H27F3N4O2. The molecule has 33 heavy (non-hydrogen) atoms. The summed E-state index contributed by atoms with van der Waals surface area (Å²) in [6.45, 7) is 2.74. The predicted octanol–water partition coefficient (Wildman–Crippen LogP) is 3.41. The van der Waals surface area contributed by atoms with E-state index in [9.17, 15) is 18.0 Å². The van der Waals surface area contributed by atoms with Crippen LogP contribution in [0.15, 0.2) is 42.7 Å². The fraction of sp³-hybridized carbons (Fsp3) is 0.500. The summed E-state index contributed by atoms with van der Waals surface area (Å²) in [5.41, 5.74) is 1.76. The lowest BCUT2D eigenvalue weighted by molar-refractivity contribution is -0.137. The van der Waals surface area contributed by atoms with E-state index in [1.165, 1.54) is 11.9 Å². The first-order valence-corrected chi connectivity index (χ1v) is 11.4. The van der Waals surface area contributed by atoms with Crippen LogP contribution in [-0.4, -0.2) is 55.3 Å². The van der Waals surface area contributed by atoms with Gasteiger partial charge in [-0.05, 0) is 43.0 Å². The number of carbonyl (C=O) groups is 1. The first-order chi connectivity index (χ1) is 15.8. The van der Waals surface area contributed by atoms with E-state index in [0.29, 0.717) is 37.3 Å². The van der Waals surface area contributed by atoms with Crippen molar-refractivity contribution in [1.82, 2.24) is 10.3 Å². The lowest BCUT2D eigenvalue weighted by Gasteiger charge is -2.46. The van der Waals surface area contributed by atoms with Gasteiger partial charge in [-0.1, -0.05) is 12.1 Å². The number of alkyl halides is 3. The number of ether oxygens (including phenoxy) is 1. The smallest absolute Gasteiger partial charge is 0.374 e. The molecule has 0 saturated carbocycles. The minimum atomic E-state index is -4.42. The number of rotatable bonds is 5. The number of aromatic nitrogens is 1. The van der Waals surface area contributed by atoms with Gasteiger partial charge in [0.2, 0.25) is 5.91 Å². The lowest BCUT2D eigenvalue weighted by Crippen LogP contribution is -2.54. The number of carbonyl (C=O) groups excluding carboxylic acids is 1. The molecule has 2 aromatic rings. The number of piperidine rings is 1. The highest BCUT2D eigenvalue weighted by atomic mass is 19.4. The number of anilines is 2. The van der Waals surface area contributed by atoms with Crippen molar-refractivity contribution >= 4 is 17.3 Å². The number of hydrogen-bond acceptors (Lipinski definition) is 5. The highest BCUT2D eigenvalue weighted by molar-refractivity contribution is 5.79. The van der Waals surface area contributed by atoms with Crippen LogP contribution in [0.4, 0.5) is 24.5 Å². The van der Waals surface area contributed by atoms with Gasteiger partial charge >= 0.3 is 6.18 Å². The Hall–Kier alpha value is -2.81. The van der Waals surface area contributed by atoms with E-state index >= 15 is 0 Å². The molecule has 0 aliphatic carbocycles. The molecule has 5 heterocycles. The lowest BCUT2D eigenvalue weighted by atomic mass is 9.96. The summed E-state index contributed by atoms with van der Waals surface area (Å²) >= 11 is 0. The largest absolute Gasteiger partial charge is 0.417 e. The van der Waals surface area contributed by atoms with Crippen molar-refractivity contribution < 1.29 is 22.7 Å². The molecule has 176 valence electrons. The third kappa shape index (κ3) is 4.93. The third-order valence-corrected chi connectivity index (χ3v) is 6.79. The standard InChI is InChI=1S/C24H27F3N4O2/c25-24(26,27)17-10-21(12-28-11-17)30-8-7-18(13-30)29-23(32)9-16-1-3-19(4-2-16)31-14-22-6-5-20(31)15-33-22/h1-4,10-12,18,20,22H,5-9,13-15H2,(H,29,32)/t18?,20-,22-/m0/s1. The fourth-order valence-electron chi connectivity index (χ4n) is 5.00. The van der Waals surface area contributed by atoms with E-state index in [-0.39, 0.29) is 18.4 Å². The van der Waals surface area contributed by atoms with Crippen molar-refractivity contribution in [2.45, 2.75) is 50.0 Å². The summed E-state index contributed by atoms with van der Waals surface area (Å²) < 4.78 is 44.6. The molecule has 4 fully saturated rings.